The van der Waals surface area contributed by atoms with E-state index in [0.29, 0.717) is 0 Å². The molecule has 3 heterocycles. The first kappa shape index (κ1) is 19.7. The molecule has 0 spiro atoms. The number of aromatic nitrogens is 2. The third kappa shape index (κ3) is 3.67. The van der Waals surface area contributed by atoms with E-state index in [4.69, 9.17) is 0 Å². The van der Waals surface area contributed by atoms with Gasteiger partial charge in [-0.05, 0) is 56.9 Å². The van der Waals surface area contributed by atoms with E-state index in [-0.39, 0.29) is 11.6 Å². The van der Waals surface area contributed by atoms with Crippen LogP contribution in [0.3, 0.4) is 0 Å². The van der Waals surface area contributed by atoms with Gasteiger partial charge in [0.1, 0.15) is 0 Å². The van der Waals surface area contributed by atoms with Crippen molar-refractivity contribution < 1.29 is 4.79 Å². The second-order valence-electron chi connectivity index (χ2n) is 7.97. The summed E-state index contributed by atoms with van der Waals surface area (Å²) in [5.74, 6) is -0.155. The summed E-state index contributed by atoms with van der Waals surface area (Å²) in [5, 5.41) is 0. The van der Waals surface area contributed by atoms with Crippen molar-refractivity contribution in [1.82, 2.24) is 8.97 Å². The van der Waals surface area contributed by atoms with E-state index in [0.717, 1.165) is 46.5 Å². The molecule has 0 saturated heterocycles. The summed E-state index contributed by atoms with van der Waals surface area (Å²) in [5.41, 5.74) is 5.24. The van der Waals surface area contributed by atoms with Gasteiger partial charge in [-0.1, -0.05) is 51.9 Å². The van der Waals surface area contributed by atoms with E-state index >= 15 is 0 Å². The average molecular weight is 369 g/mol. The fraction of sp³-hybridized carbons (Fsp3) is 0.565. The summed E-state index contributed by atoms with van der Waals surface area (Å²) < 4.78 is 3.03. The SMILES string of the molecule is CCCCCCCCCCC1=C(C)C(=O)n2c1cc1c(C)cc(C)n1c2=O. The molecule has 0 aliphatic carbocycles. The lowest BCUT2D eigenvalue weighted by Crippen LogP contribution is -2.31. The number of rotatable bonds is 9. The Morgan fingerprint density at radius 3 is 2.15 bits per heavy atom. The van der Waals surface area contributed by atoms with Crippen LogP contribution in [0.5, 0.6) is 0 Å². The van der Waals surface area contributed by atoms with Gasteiger partial charge in [0, 0.05) is 11.3 Å². The fourth-order valence-electron chi connectivity index (χ4n) is 4.31. The Balaban J connectivity index is 1.73. The summed E-state index contributed by atoms with van der Waals surface area (Å²) in [6.07, 6.45) is 11.0. The lowest BCUT2D eigenvalue weighted by atomic mass is 10.00. The standard InChI is InChI=1S/C23H32N2O2/c1-5-6-7-8-9-10-11-12-13-19-18(4)22(26)25-21(19)15-20-16(2)14-17(3)24(20)23(25)27/h14-15H,5-13H2,1-4H3. The first-order chi connectivity index (χ1) is 13.0. The molecule has 0 radical (unpaired) electrons. The number of hydrogen-bond acceptors (Lipinski definition) is 2. The molecule has 4 nitrogen and oxygen atoms in total. The van der Waals surface area contributed by atoms with Gasteiger partial charge in [0.05, 0.1) is 11.2 Å². The number of carbonyl (C=O) groups is 1. The van der Waals surface area contributed by atoms with Gasteiger partial charge < -0.3 is 0 Å². The molecule has 3 rings (SSSR count). The Kier molecular flexibility index (Phi) is 6.03. The largest absolute Gasteiger partial charge is 0.340 e. The van der Waals surface area contributed by atoms with E-state index < -0.39 is 0 Å². The Hall–Kier alpha value is -2.10. The molecule has 0 atom stereocenters. The summed E-state index contributed by atoms with van der Waals surface area (Å²) in [6, 6.07) is 4.03. The second kappa shape index (κ2) is 8.28. The lowest BCUT2D eigenvalue weighted by molar-refractivity contribution is 0.0955. The van der Waals surface area contributed by atoms with Crippen molar-refractivity contribution in [3.8, 4) is 0 Å². The molecule has 2 aromatic heterocycles. The Morgan fingerprint density at radius 1 is 0.852 bits per heavy atom. The topological polar surface area (TPSA) is 43.5 Å². The Labute approximate surface area is 161 Å². The van der Waals surface area contributed by atoms with Crippen LogP contribution in [0.25, 0.3) is 11.1 Å². The third-order valence-electron chi connectivity index (χ3n) is 5.89. The number of carbonyl (C=O) groups excluding carboxylic acids is 1. The number of nitrogens with zero attached hydrogens (tertiary/aromatic N) is 2. The molecule has 146 valence electrons. The number of aryl methyl sites for hydroxylation is 2. The first-order valence-electron chi connectivity index (χ1n) is 10.5. The zero-order valence-electron chi connectivity index (χ0n) is 17.2. The minimum Gasteiger partial charge on any atom is -0.269 e. The lowest BCUT2D eigenvalue weighted by Gasteiger charge is -2.09. The maximum Gasteiger partial charge on any atom is 0.340 e. The average Bonchev–Trinajstić information content (AvgIpc) is 3.05. The molecular weight excluding hydrogens is 336 g/mol. The minimum atomic E-state index is -0.233. The van der Waals surface area contributed by atoms with Crippen LogP contribution >= 0.6 is 0 Å². The Bertz CT molecular complexity index is 943. The van der Waals surface area contributed by atoms with Gasteiger partial charge in [0.2, 0.25) is 0 Å². The van der Waals surface area contributed by atoms with Crippen molar-refractivity contribution in [2.45, 2.75) is 85.5 Å². The molecule has 1 aliphatic rings. The van der Waals surface area contributed by atoms with Gasteiger partial charge >= 0.3 is 5.69 Å². The molecule has 0 aromatic carbocycles. The maximum atomic E-state index is 12.9. The van der Waals surface area contributed by atoms with Crippen molar-refractivity contribution in [2.75, 3.05) is 0 Å². The highest BCUT2D eigenvalue weighted by Gasteiger charge is 2.29. The van der Waals surface area contributed by atoms with Crippen molar-refractivity contribution in [3.05, 3.63) is 45.1 Å². The zero-order chi connectivity index (χ0) is 19.6. The molecule has 1 aliphatic heterocycles. The first-order valence-corrected chi connectivity index (χ1v) is 10.5. The predicted molar refractivity (Wildman–Crippen MR) is 112 cm³/mol. The van der Waals surface area contributed by atoms with Gasteiger partial charge in [-0.2, -0.15) is 0 Å². The highest BCUT2D eigenvalue weighted by molar-refractivity contribution is 6.08. The number of allylic oxidation sites excluding steroid dienone is 2. The zero-order valence-corrected chi connectivity index (χ0v) is 17.2. The van der Waals surface area contributed by atoms with Crippen LogP contribution in [0.4, 0.5) is 0 Å². The van der Waals surface area contributed by atoms with Crippen LogP contribution in [-0.4, -0.2) is 14.9 Å². The van der Waals surface area contributed by atoms with E-state index in [1.54, 1.807) is 4.40 Å². The smallest absolute Gasteiger partial charge is 0.269 e. The maximum absolute atomic E-state index is 12.9. The van der Waals surface area contributed by atoms with Gasteiger partial charge in [0.25, 0.3) is 5.91 Å². The highest BCUT2D eigenvalue weighted by atomic mass is 16.2. The van der Waals surface area contributed by atoms with Gasteiger partial charge in [-0.15, -0.1) is 0 Å². The number of fused-ring (bicyclic) bond motifs is 2. The Morgan fingerprint density at radius 2 is 1.48 bits per heavy atom. The van der Waals surface area contributed by atoms with Crippen LogP contribution in [0, 0.1) is 13.8 Å². The van der Waals surface area contributed by atoms with Crippen LogP contribution in [-0.2, 0) is 0 Å². The summed E-state index contributed by atoms with van der Waals surface area (Å²) >= 11 is 0. The molecule has 0 N–H and O–H groups in total. The van der Waals surface area contributed by atoms with E-state index in [1.807, 2.05) is 32.9 Å². The molecule has 27 heavy (non-hydrogen) atoms. The van der Waals surface area contributed by atoms with Gasteiger partial charge in [-0.3, -0.25) is 9.20 Å². The molecule has 0 saturated carbocycles. The van der Waals surface area contributed by atoms with Crippen molar-refractivity contribution >= 4 is 17.0 Å². The number of unbranched alkanes of at least 4 members (excludes halogenated alkanes) is 7. The molecule has 2 aromatic rings. The van der Waals surface area contributed by atoms with Crippen LogP contribution in [0.1, 0.15) is 93.4 Å². The second-order valence-corrected chi connectivity index (χ2v) is 7.97. The number of hydrogen-bond donors (Lipinski definition) is 0. The van der Waals surface area contributed by atoms with Gasteiger partial charge in [0.15, 0.2) is 0 Å². The van der Waals surface area contributed by atoms with Gasteiger partial charge in [-0.25, -0.2) is 9.36 Å². The van der Waals surface area contributed by atoms with Crippen LogP contribution in [0.15, 0.2) is 22.5 Å². The fourth-order valence-corrected chi connectivity index (χ4v) is 4.31. The highest BCUT2D eigenvalue weighted by Crippen LogP contribution is 2.32. The minimum absolute atomic E-state index is 0.155. The molecular formula is C23H32N2O2. The summed E-state index contributed by atoms with van der Waals surface area (Å²) in [6.45, 7) is 8.04. The molecule has 4 heteroatoms. The quantitative estimate of drug-likeness (QED) is 0.535. The van der Waals surface area contributed by atoms with E-state index in [2.05, 4.69) is 6.92 Å². The van der Waals surface area contributed by atoms with E-state index in [9.17, 15) is 9.59 Å². The summed E-state index contributed by atoms with van der Waals surface area (Å²) in [4.78, 5) is 25.7. The molecule has 0 fully saturated rings. The normalized spacial score (nSPS) is 13.9. The molecule has 0 unspecified atom stereocenters. The van der Waals surface area contributed by atoms with Crippen molar-refractivity contribution in [2.24, 2.45) is 0 Å². The summed E-state index contributed by atoms with van der Waals surface area (Å²) in [7, 11) is 0. The van der Waals surface area contributed by atoms with E-state index in [1.165, 1.54) is 49.5 Å². The molecule has 0 bridgehead atoms. The van der Waals surface area contributed by atoms with Crippen LogP contribution in [0.2, 0.25) is 0 Å². The monoisotopic (exact) mass is 368 g/mol. The van der Waals surface area contributed by atoms with Crippen molar-refractivity contribution in [1.29, 1.82) is 0 Å². The van der Waals surface area contributed by atoms with Crippen molar-refractivity contribution in [3.63, 3.8) is 0 Å². The van der Waals surface area contributed by atoms with Crippen LogP contribution < -0.4 is 5.69 Å². The molecule has 0 amide bonds. The predicted octanol–water partition coefficient (Wildman–Crippen LogP) is 5.68. The third-order valence-corrected chi connectivity index (χ3v) is 5.89.